The summed E-state index contributed by atoms with van der Waals surface area (Å²) >= 11 is 0. The predicted octanol–water partition coefficient (Wildman–Crippen LogP) is 5.39. The van der Waals surface area contributed by atoms with Gasteiger partial charge in [-0.05, 0) is 81.7 Å². The van der Waals surface area contributed by atoms with E-state index < -0.39 is 5.60 Å². The lowest BCUT2D eigenvalue weighted by molar-refractivity contribution is -0.0272. The van der Waals surface area contributed by atoms with Gasteiger partial charge in [0.2, 0.25) is 0 Å². The number of hydrogen-bond acceptors (Lipinski definition) is 7. The number of aromatic nitrogens is 1. The Balaban J connectivity index is 1.03. The highest BCUT2D eigenvalue weighted by molar-refractivity contribution is 5.99. The van der Waals surface area contributed by atoms with Gasteiger partial charge in [0.15, 0.2) is 0 Å². The number of nitrogens with one attached hydrogen (secondary N) is 2. The number of hydrogen-bond donors (Lipinski definition) is 4. The minimum absolute atomic E-state index is 0.0256. The molecule has 6 rings (SSSR count). The van der Waals surface area contributed by atoms with Gasteiger partial charge in [0, 0.05) is 53.6 Å². The molecule has 2 atom stereocenters. The molecule has 4 aromatic rings. The standard InChI is InChI=1S/C34H43N3O6/c1-3-41-25-7-8-26-23(21-43-32(26)17-25)20-42-31-6-4-5-28-27(31)18-29(36-28)33(39)35-24-9-12-34(40,13-10-24)14-16-37-15-11-30(38)22(2)19-37/h4-8,17-18,21-22,24,30,36,38,40H,3,9-16,19-20H2,1-2H3,(H,35,39)/t22-,24?,30-,34?/m0/s1. The fourth-order valence-electron chi connectivity index (χ4n) is 6.56. The number of amides is 1. The van der Waals surface area contributed by atoms with E-state index in [-0.39, 0.29) is 24.0 Å². The first-order valence-electron chi connectivity index (χ1n) is 15.6. The molecule has 1 aliphatic heterocycles. The van der Waals surface area contributed by atoms with Crippen LogP contribution in [0.15, 0.2) is 53.1 Å². The number of aliphatic hydroxyl groups is 2. The molecule has 2 fully saturated rings. The van der Waals surface area contributed by atoms with Crippen molar-refractivity contribution < 1.29 is 28.9 Å². The van der Waals surface area contributed by atoms with E-state index in [1.165, 1.54) is 0 Å². The molecule has 1 amide bonds. The summed E-state index contributed by atoms with van der Waals surface area (Å²) in [5, 5.41) is 26.2. The second kappa shape index (κ2) is 12.6. The van der Waals surface area contributed by atoms with E-state index in [1.807, 2.05) is 49.4 Å². The van der Waals surface area contributed by atoms with Gasteiger partial charge in [0.1, 0.15) is 29.4 Å². The zero-order valence-corrected chi connectivity index (χ0v) is 25.1. The first-order valence-corrected chi connectivity index (χ1v) is 15.6. The zero-order chi connectivity index (χ0) is 30.0. The van der Waals surface area contributed by atoms with Crippen LogP contribution in [0.4, 0.5) is 0 Å². The van der Waals surface area contributed by atoms with Crippen molar-refractivity contribution in [2.75, 3.05) is 26.2 Å². The topological polar surface area (TPSA) is 120 Å². The van der Waals surface area contributed by atoms with Crippen molar-refractivity contribution in [3.63, 3.8) is 0 Å². The van der Waals surface area contributed by atoms with Crippen molar-refractivity contribution in [2.24, 2.45) is 5.92 Å². The number of piperidine rings is 1. The minimum Gasteiger partial charge on any atom is -0.494 e. The van der Waals surface area contributed by atoms with Crippen LogP contribution in [-0.4, -0.2) is 70.0 Å². The number of benzene rings is 2. The van der Waals surface area contributed by atoms with Crippen LogP contribution in [0.25, 0.3) is 21.9 Å². The molecular formula is C34H43N3O6. The Bertz CT molecular complexity index is 1550. The highest BCUT2D eigenvalue weighted by Gasteiger charge is 2.35. The molecule has 0 bridgehead atoms. The maximum absolute atomic E-state index is 13.2. The molecule has 3 heterocycles. The van der Waals surface area contributed by atoms with Crippen molar-refractivity contribution in [1.82, 2.24) is 15.2 Å². The van der Waals surface area contributed by atoms with E-state index in [4.69, 9.17) is 13.9 Å². The first-order chi connectivity index (χ1) is 20.8. The molecule has 230 valence electrons. The lowest BCUT2D eigenvalue weighted by Crippen LogP contribution is -2.47. The Morgan fingerprint density at radius 1 is 1.14 bits per heavy atom. The molecule has 0 radical (unpaired) electrons. The van der Waals surface area contributed by atoms with Gasteiger partial charge in [-0.25, -0.2) is 0 Å². The average Bonchev–Trinajstić information content (AvgIpc) is 3.63. The summed E-state index contributed by atoms with van der Waals surface area (Å²) in [6.07, 6.45) is 5.85. The molecule has 9 heteroatoms. The monoisotopic (exact) mass is 589 g/mol. The number of carbonyl (C=O) groups excluding carboxylic acids is 1. The largest absolute Gasteiger partial charge is 0.494 e. The molecule has 0 spiro atoms. The van der Waals surface area contributed by atoms with Gasteiger partial charge in [-0.2, -0.15) is 0 Å². The number of rotatable bonds is 10. The fourth-order valence-corrected chi connectivity index (χ4v) is 6.56. The summed E-state index contributed by atoms with van der Waals surface area (Å²) in [5.41, 5.74) is 2.32. The highest BCUT2D eigenvalue weighted by atomic mass is 16.5. The molecule has 1 saturated heterocycles. The Morgan fingerprint density at radius 2 is 1.98 bits per heavy atom. The second-order valence-corrected chi connectivity index (χ2v) is 12.4. The van der Waals surface area contributed by atoms with E-state index in [9.17, 15) is 15.0 Å². The lowest BCUT2D eigenvalue weighted by atomic mass is 9.80. The summed E-state index contributed by atoms with van der Waals surface area (Å²) in [5.74, 6) is 1.58. The van der Waals surface area contributed by atoms with Crippen LogP contribution in [0.2, 0.25) is 0 Å². The first kappa shape index (κ1) is 29.5. The number of ether oxygens (including phenoxy) is 2. The van der Waals surface area contributed by atoms with Crippen LogP contribution in [-0.2, 0) is 6.61 Å². The van der Waals surface area contributed by atoms with Gasteiger partial charge in [-0.1, -0.05) is 13.0 Å². The van der Waals surface area contributed by atoms with Crippen LogP contribution in [0.5, 0.6) is 11.5 Å². The summed E-state index contributed by atoms with van der Waals surface area (Å²) in [4.78, 5) is 18.8. The van der Waals surface area contributed by atoms with E-state index in [1.54, 1.807) is 6.26 Å². The molecule has 0 unspecified atom stereocenters. The third-order valence-corrected chi connectivity index (χ3v) is 9.28. The van der Waals surface area contributed by atoms with Crippen molar-refractivity contribution in [3.8, 4) is 11.5 Å². The Hall–Kier alpha value is -3.53. The molecule has 2 aromatic carbocycles. The van der Waals surface area contributed by atoms with Crippen LogP contribution < -0.4 is 14.8 Å². The van der Waals surface area contributed by atoms with Crippen molar-refractivity contribution in [3.05, 3.63) is 60.0 Å². The third-order valence-electron chi connectivity index (χ3n) is 9.28. The SMILES string of the molecule is CCOc1ccc2c(COc3cccc4[nH]c(C(=O)NC5CCC(O)(CCN6CC[C@H](O)[C@@H](C)C6)CC5)cc34)coc2c1. The number of fused-ring (bicyclic) bond motifs is 2. The number of carbonyl (C=O) groups is 1. The smallest absolute Gasteiger partial charge is 0.267 e. The Labute approximate surface area is 252 Å². The van der Waals surface area contributed by atoms with Crippen molar-refractivity contribution in [1.29, 1.82) is 0 Å². The van der Waals surface area contributed by atoms with Gasteiger partial charge in [0.25, 0.3) is 5.91 Å². The molecule has 2 aromatic heterocycles. The lowest BCUT2D eigenvalue weighted by Gasteiger charge is -2.39. The minimum atomic E-state index is -0.695. The summed E-state index contributed by atoms with van der Waals surface area (Å²) < 4.78 is 17.5. The molecule has 43 heavy (non-hydrogen) atoms. The molecule has 1 aliphatic carbocycles. The summed E-state index contributed by atoms with van der Waals surface area (Å²) in [6, 6.07) is 13.4. The van der Waals surface area contributed by atoms with E-state index in [2.05, 4.69) is 22.1 Å². The maximum Gasteiger partial charge on any atom is 0.267 e. The molecular weight excluding hydrogens is 546 g/mol. The van der Waals surface area contributed by atoms with E-state index in [0.29, 0.717) is 37.5 Å². The number of nitrogens with zero attached hydrogens (tertiary/aromatic N) is 1. The van der Waals surface area contributed by atoms with Crippen LogP contribution in [0, 0.1) is 5.92 Å². The number of aromatic amines is 1. The van der Waals surface area contributed by atoms with Gasteiger partial charge < -0.3 is 39.3 Å². The maximum atomic E-state index is 13.2. The fraction of sp³-hybridized carbons (Fsp3) is 0.500. The number of aliphatic hydroxyl groups excluding tert-OH is 1. The Kier molecular flexibility index (Phi) is 8.66. The normalized spacial score (nSPS) is 24.8. The average molecular weight is 590 g/mol. The van der Waals surface area contributed by atoms with E-state index in [0.717, 1.165) is 78.5 Å². The van der Waals surface area contributed by atoms with Crippen molar-refractivity contribution in [2.45, 2.75) is 76.7 Å². The zero-order valence-electron chi connectivity index (χ0n) is 25.1. The van der Waals surface area contributed by atoms with Gasteiger partial charge in [-0.3, -0.25) is 4.79 Å². The number of H-pyrrole nitrogens is 1. The second-order valence-electron chi connectivity index (χ2n) is 12.4. The molecule has 4 N–H and O–H groups in total. The van der Waals surface area contributed by atoms with Gasteiger partial charge >= 0.3 is 0 Å². The third kappa shape index (κ3) is 6.69. The van der Waals surface area contributed by atoms with Crippen LogP contribution in [0.1, 0.15) is 68.4 Å². The Morgan fingerprint density at radius 3 is 2.77 bits per heavy atom. The summed E-state index contributed by atoms with van der Waals surface area (Å²) in [7, 11) is 0. The predicted molar refractivity (Wildman–Crippen MR) is 166 cm³/mol. The molecule has 9 nitrogen and oxygen atoms in total. The van der Waals surface area contributed by atoms with Gasteiger partial charge in [-0.15, -0.1) is 0 Å². The highest BCUT2D eigenvalue weighted by Crippen LogP contribution is 2.33. The van der Waals surface area contributed by atoms with E-state index >= 15 is 0 Å². The quantitative estimate of drug-likeness (QED) is 0.196. The number of likely N-dealkylation sites (tertiary alicyclic amines) is 1. The molecule has 2 aliphatic rings. The van der Waals surface area contributed by atoms with Crippen LogP contribution in [0.3, 0.4) is 0 Å². The summed E-state index contributed by atoms with van der Waals surface area (Å²) in [6.45, 7) is 7.56. The van der Waals surface area contributed by atoms with Crippen molar-refractivity contribution >= 4 is 27.8 Å². The number of furan rings is 1. The molecule has 1 saturated carbocycles. The van der Waals surface area contributed by atoms with Crippen LogP contribution >= 0.6 is 0 Å². The van der Waals surface area contributed by atoms with Gasteiger partial charge in [0.05, 0.1) is 24.6 Å².